The summed E-state index contributed by atoms with van der Waals surface area (Å²) in [5, 5.41) is 11.2. The number of ketones is 1. The number of amides is 1. The zero-order chi connectivity index (χ0) is 23.3. The normalized spacial score (nSPS) is 17.9. The number of ether oxygens (including phenoxy) is 1. The van der Waals surface area contributed by atoms with E-state index in [2.05, 4.69) is 22.6 Å². The van der Waals surface area contributed by atoms with Crippen molar-refractivity contribution in [3.8, 4) is 5.75 Å². The predicted molar refractivity (Wildman–Crippen MR) is 134 cm³/mol. The lowest BCUT2D eigenvalue weighted by atomic mass is 9.95. The molecule has 0 saturated carbocycles. The third-order valence-electron chi connectivity index (χ3n) is 5.31. The van der Waals surface area contributed by atoms with E-state index in [0.717, 1.165) is 28.5 Å². The number of nitrogens with zero attached hydrogens (tertiary/aromatic N) is 2. The molecule has 1 N–H and O–H groups in total. The van der Waals surface area contributed by atoms with Crippen LogP contribution in [0.4, 0.5) is 0 Å². The van der Waals surface area contributed by atoms with E-state index < -0.39 is 17.7 Å². The van der Waals surface area contributed by atoms with Gasteiger partial charge in [-0.2, -0.15) is 0 Å². The standard InChI is InChI=1S/C25H29IN2O4/c1-4-15-32-20-8-5-7-18(16-20)23(29)21-22(17-9-11-19(26)12-10-17)28(25(31)24(21)30)14-6-13-27(2)3/h5,7-12,16,22,29H,4,6,13-15H2,1-3H3. The summed E-state index contributed by atoms with van der Waals surface area (Å²) in [4.78, 5) is 29.7. The first kappa shape index (κ1) is 24.3. The number of carbonyl (C=O) groups is 2. The number of hydrogen-bond acceptors (Lipinski definition) is 5. The molecule has 0 spiro atoms. The van der Waals surface area contributed by atoms with Crippen LogP contribution in [-0.4, -0.2) is 60.4 Å². The van der Waals surface area contributed by atoms with Crippen molar-refractivity contribution in [2.45, 2.75) is 25.8 Å². The molecule has 0 radical (unpaired) electrons. The van der Waals surface area contributed by atoms with Crippen LogP contribution >= 0.6 is 22.6 Å². The molecule has 0 aromatic heterocycles. The molecule has 1 aliphatic heterocycles. The van der Waals surface area contributed by atoms with E-state index in [-0.39, 0.29) is 11.3 Å². The summed E-state index contributed by atoms with van der Waals surface area (Å²) in [5.74, 6) is -0.797. The van der Waals surface area contributed by atoms with Gasteiger partial charge in [0.15, 0.2) is 0 Å². The van der Waals surface area contributed by atoms with Crippen molar-refractivity contribution in [1.29, 1.82) is 0 Å². The Morgan fingerprint density at radius 1 is 1.16 bits per heavy atom. The smallest absolute Gasteiger partial charge is 0.295 e. The van der Waals surface area contributed by atoms with Crippen LogP contribution in [0.3, 0.4) is 0 Å². The van der Waals surface area contributed by atoms with Crippen LogP contribution in [0.2, 0.25) is 0 Å². The molecule has 32 heavy (non-hydrogen) atoms. The second-order valence-electron chi connectivity index (χ2n) is 8.08. The molecule has 0 bridgehead atoms. The van der Waals surface area contributed by atoms with E-state index in [1.54, 1.807) is 23.1 Å². The van der Waals surface area contributed by atoms with Gasteiger partial charge in [-0.15, -0.1) is 0 Å². The third kappa shape index (κ3) is 5.50. The fraction of sp³-hybridized carbons (Fsp3) is 0.360. The predicted octanol–water partition coefficient (Wildman–Crippen LogP) is 4.45. The molecule has 2 aromatic carbocycles. The molecule has 1 fully saturated rings. The second-order valence-corrected chi connectivity index (χ2v) is 9.32. The number of carbonyl (C=O) groups excluding carboxylic acids is 2. The highest BCUT2D eigenvalue weighted by molar-refractivity contribution is 14.1. The Balaban J connectivity index is 2.05. The summed E-state index contributed by atoms with van der Waals surface area (Å²) in [7, 11) is 3.94. The monoisotopic (exact) mass is 548 g/mol. The summed E-state index contributed by atoms with van der Waals surface area (Å²) in [6.45, 7) is 3.79. The maximum absolute atomic E-state index is 13.1. The first-order valence-electron chi connectivity index (χ1n) is 10.7. The first-order chi connectivity index (χ1) is 15.3. The van der Waals surface area contributed by atoms with Crippen LogP contribution in [0.5, 0.6) is 5.75 Å². The van der Waals surface area contributed by atoms with Crippen molar-refractivity contribution < 1.29 is 19.4 Å². The SMILES string of the molecule is CCCOc1cccc(C(O)=C2C(=O)C(=O)N(CCCN(C)C)C2c2ccc(I)cc2)c1. The van der Waals surface area contributed by atoms with E-state index >= 15 is 0 Å². The molecular weight excluding hydrogens is 519 g/mol. The minimum atomic E-state index is -0.657. The third-order valence-corrected chi connectivity index (χ3v) is 6.03. The van der Waals surface area contributed by atoms with Crippen LogP contribution in [0, 0.1) is 3.57 Å². The first-order valence-corrected chi connectivity index (χ1v) is 11.8. The topological polar surface area (TPSA) is 70.1 Å². The molecule has 7 heteroatoms. The lowest BCUT2D eigenvalue weighted by molar-refractivity contribution is -0.139. The number of aliphatic hydroxyl groups excluding tert-OH is 1. The van der Waals surface area contributed by atoms with Crippen molar-refractivity contribution in [3.63, 3.8) is 0 Å². The number of hydrogen-bond donors (Lipinski definition) is 1. The minimum absolute atomic E-state index is 0.119. The van der Waals surface area contributed by atoms with Crippen LogP contribution in [0.15, 0.2) is 54.1 Å². The molecule has 1 saturated heterocycles. The summed E-state index contributed by atoms with van der Waals surface area (Å²) in [6.07, 6.45) is 1.59. The van der Waals surface area contributed by atoms with Crippen LogP contribution in [-0.2, 0) is 9.59 Å². The lowest BCUT2D eigenvalue weighted by Gasteiger charge is -2.26. The zero-order valence-electron chi connectivity index (χ0n) is 18.7. The number of halogens is 1. The maximum atomic E-state index is 13.1. The number of likely N-dealkylation sites (tertiary alicyclic amines) is 1. The highest BCUT2D eigenvalue weighted by Crippen LogP contribution is 2.40. The van der Waals surface area contributed by atoms with E-state index in [1.807, 2.05) is 56.3 Å². The minimum Gasteiger partial charge on any atom is -0.507 e. The molecule has 1 aliphatic rings. The number of benzene rings is 2. The van der Waals surface area contributed by atoms with Crippen molar-refractivity contribution in [1.82, 2.24) is 9.80 Å². The van der Waals surface area contributed by atoms with Gasteiger partial charge in [-0.25, -0.2) is 0 Å². The highest BCUT2D eigenvalue weighted by atomic mass is 127. The molecular formula is C25H29IN2O4. The van der Waals surface area contributed by atoms with Gasteiger partial charge >= 0.3 is 0 Å². The fourth-order valence-electron chi connectivity index (χ4n) is 3.77. The maximum Gasteiger partial charge on any atom is 0.295 e. The van der Waals surface area contributed by atoms with Crippen LogP contribution in [0.1, 0.15) is 36.9 Å². The van der Waals surface area contributed by atoms with Crippen molar-refractivity contribution in [2.24, 2.45) is 0 Å². The Hall–Kier alpha value is -2.39. The Labute approximate surface area is 203 Å². The van der Waals surface area contributed by atoms with Gasteiger partial charge < -0.3 is 19.6 Å². The fourth-order valence-corrected chi connectivity index (χ4v) is 4.13. The molecule has 1 unspecified atom stereocenters. The second kappa shape index (κ2) is 11.0. The molecule has 1 amide bonds. The molecule has 1 atom stereocenters. The van der Waals surface area contributed by atoms with E-state index in [4.69, 9.17) is 4.74 Å². The Kier molecular flexibility index (Phi) is 8.31. The van der Waals surface area contributed by atoms with Gasteiger partial charge in [0.05, 0.1) is 18.2 Å². The quantitative estimate of drug-likeness (QED) is 0.217. The zero-order valence-corrected chi connectivity index (χ0v) is 20.8. The summed E-state index contributed by atoms with van der Waals surface area (Å²) in [6, 6.07) is 14.1. The number of aliphatic hydroxyl groups is 1. The van der Waals surface area contributed by atoms with E-state index in [9.17, 15) is 14.7 Å². The Morgan fingerprint density at radius 3 is 2.53 bits per heavy atom. The Morgan fingerprint density at radius 2 is 1.88 bits per heavy atom. The van der Waals surface area contributed by atoms with Gasteiger partial charge in [0, 0.05) is 15.7 Å². The average molecular weight is 548 g/mol. The Bertz CT molecular complexity index is 1000. The molecule has 2 aromatic rings. The van der Waals surface area contributed by atoms with Crippen molar-refractivity contribution in [3.05, 3.63) is 68.8 Å². The number of Topliss-reactive ketones (excluding diaryl/α,β-unsaturated/α-hetero) is 1. The van der Waals surface area contributed by atoms with Gasteiger partial charge in [-0.3, -0.25) is 9.59 Å². The summed E-state index contributed by atoms with van der Waals surface area (Å²) in [5.41, 5.74) is 1.38. The molecule has 1 heterocycles. The molecule has 0 aliphatic carbocycles. The average Bonchev–Trinajstić information content (AvgIpc) is 3.02. The van der Waals surface area contributed by atoms with Gasteiger partial charge in [-0.05, 0) is 85.9 Å². The van der Waals surface area contributed by atoms with E-state index in [1.165, 1.54) is 0 Å². The van der Waals surface area contributed by atoms with Gasteiger partial charge in [0.2, 0.25) is 0 Å². The number of rotatable bonds is 9. The van der Waals surface area contributed by atoms with E-state index in [0.29, 0.717) is 24.5 Å². The van der Waals surface area contributed by atoms with Crippen molar-refractivity contribution >= 4 is 40.0 Å². The van der Waals surface area contributed by atoms with Crippen LogP contribution < -0.4 is 4.74 Å². The molecule has 3 rings (SSSR count). The lowest BCUT2D eigenvalue weighted by Crippen LogP contribution is -2.32. The summed E-state index contributed by atoms with van der Waals surface area (Å²) < 4.78 is 6.73. The summed E-state index contributed by atoms with van der Waals surface area (Å²) >= 11 is 2.22. The molecule has 170 valence electrons. The van der Waals surface area contributed by atoms with Gasteiger partial charge in [-0.1, -0.05) is 31.2 Å². The van der Waals surface area contributed by atoms with Gasteiger partial charge in [0.1, 0.15) is 11.5 Å². The van der Waals surface area contributed by atoms with Crippen molar-refractivity contribution in [2.75, 3.05) is 33.8 Å². The largest absolute Gasteiger partial charge is 0.507 e. The molecule has 6 nitrogen and oxygen atoms in total. The van der Waals surface area contributed by atoms with Gasteiger partial charge in [0.25, 0.3) is 11.7 Å². The van der Waals surface area contributed by atoms with Crippen LogP contribution in [0.25, 0.3) is 5.76 Å². The highest BCUT2D eigenvalue weighted by Gasteiger charge is 2.45.